The van der Waals surface area contributed by atoms with Gasteiger partial charge in [-0.25, -0.2) is 4.68 Å². The van der Waals surface area contributed by atoms with E-state index in [0.29, 0.717) is 17.9 Å². The summed E-state index contributed by atoms with van der Waals surface area (Å²) in [6.07, 6.45) is 1.64. The van der Waals surface area contributed by atoms with Gasteiger partial charge in [0, 0.05) is 42.8 Å². The topological polar surface area (TPSA) is 96.1 Å². The summed E-state index contributed by atoms with van der Waals surface area (Å²) in [4.78, 5) is 21.4. The van der Waals surface area contributed by atoms with Gasteiger partial charge in [-0.2, -0.15) is 0 Å². The molecule has 0 amide bonds. The van der Waals surface area contributed by atoms with Crippen molar-refractivity contribution in [2.75, 3.05) is 31.1 Å². The third-order valence-corrected chi connectivity index (χ3v) is 7.26. The number of furan rings is 1. The molecule has 4 heterocycles. The molecule has 2 aromatic carbocycles. The van der Waals surface area contributed by atoms with E-state index in [-0.39, 0.29) is 5.56 Å². The van der Waals surface area contributed by atoms with E-state index in [0.717, 1.165) is 54.0 Å². The SMILES string of the molecule is Cc1ccc(C)c2[nH]c(=O)c([C@H](c3nnnn3Cc3ccco3)N3CCN(c4ccccc4)CC3)cc12. The quantitative estimate of drug-likeness (QED) is 0.384. The molecule has 0 unspecified atom stereocenters. The normalized spacial score (nSPS) is 15.4. The number of aryl methyl sites for hydroxylation is 2. The van der Waals surface area contributed by atoms with Crippen LogP contribution in [0.4, 0.5) is 5.69 Å². The molecule has 1 saturated heterocycles. The Morgan fingerprint density at radius 2 is 1.76 bits per heavy atom. The number of para-hydroxylation sites is 1. The van der Waals surface area contributed by atoms with Crippen LogP contribution in [0, 0.1) is 13.8 Å². The summed E-state index contributed by atoms with van der Waals surface area (Å²) in [7, 11) is 0. The van der Waals surface area contributed by atoms with Gasteiger partial charge < -0.3 is 14.3 Å². The molecule has 1 aliphatic heterocycles. The summed E-state index contributed by atoms with van der Waals surface area (Å²) in [5, 5.41) is 13.7. The molecule has 1 fully saturated rings. The Morgan fingerprint density at radius 1 is 0.973 bits per heavy atom. The molecule has 0 bridgehead atoms. The van der Waals surface area contributed by atoms with Crippen molar-refractivity contribution in [2.45, 2.75) is 26.4 Å². The first-order chi connectivity index (χ1) is 18.1. The number of hydrogen-bond acceptors (Lipinski definition) is 7. The number of nitrogens with zero attached hydrogens (tertiary/aromatic N) is 6. The lowest BCUT2D eigenvalue weighted by Gasteiger charge is -2.39. The highest BCUT2D eigenvalue weighted by Crippen LogP contribution is 2.30. The van der Waals surface area contributed by atoms with Crippen LogP contribution in [0.25, 0.3) is 10.9 Å². The van der Waals surface area contributed by atoms with Gasteiger partial charge in [0.25, 0.3) is 5.56 Å². The first-order valence-electron chi connectivity index (χ1n) is 12.5. The Balaban J connectivity index is 1.42. The van der Waals surface area contributed by atoms with Crippen LogP contribution in [0.3, 0.4) is 0 Å². The van der Waals surface area contributed by atoms with E-state index in [1.165, 1.54) is 5.69 Å². The lowest BCUT2D eigenvalue weighted by Crippen LogP contribution is -2.49. The second-order valence-corrected chi connectivity index (χ2v) is 9.58. The number of benzene rings is 2. The average Bonchev–Trinajstić information content (AvgIpc) is 3.61. The number of tetrazole rings is 1. The molecule has 0 saturated carbocycles. The highest BCUT2D eigenvalue weighted by molar-refractivity contribution is 5.85. The van der Waals surface area contributed by atoms with Gasteiger partial charge in [-0.05, 0) is 65.7 Å². The molecule has 9 heteroatoms. The van der Waals surface area contributed by atoms with Gasteiger partial charge in [-0.1, -0.05) is 30.3 Å². The molecular weight excluding hydrogens is 466 g/mol. The van der Waals surface area contributed by atoms with E-state index >= 15 is 0 Å². The highest BCUT2D eigenvalue weighted by atomic mass is 16.3. The maximum absolute atomic E-state index is 13.6. The summed E-state index contributed by atoms with van der Waals surface area (Å²) in [6.45, 7) is 7.67. The number of aromatic nitrogens is 5. The summed E-state index contributed by atoms with van der Waals surface area (Å²) in [6, 6.07) is 19.9. The van der Waals surface area contributed by atoms with Gasteiger partial charge in [0.15, 0.2) is 5.82 Å². The zero-order valence-corrected chi connectivity index (χ0v) is 21.0. The molecule has 1 atom stereocenters. The van der Waals surface area contributed by atoms with E-state index in [9.17, 15) is 4.79 Å². The lowest BCUT2D eigenvalue weighted by molar-refractivity contribution is 0.200. The fourth-order valence-electron chi connectivity index (χ4n) is 5.24. The van der Waals surface area contributed by atoms with Crippen LogP contribution in [0.5, 0.6) is 0 Å². The van der Waals surface area contributed by atoms with Gasteiger partial charge in [0.1, 0.15) is 18.3 Å². The third kappa shape index (κ3) is 4.42. The van der Waals surface area contributed by atoms with Crippen molar-refractivity contribution in [1.82, 2.24) is 30.1 Å². The Labute approximate surface area is 214 Å². The lowest BCUT2D eigenvalue weighted by atomic mass is 9.99. The molecule has 5 aromatic rings. The maximum atomic E-state index is 13.6. The molecule has 1 N–H and O–H groups in total. The van der Waals surface area contributed by atoms with E-state index in [4.69, 9.17) is 4.42 Å². The van der Waals surface area contributed by atoms with E-state index < -0.39 is 6.04 Å². The first-order valence-corrected chi connectivity index (χ1v) is 12.5. The minimum atomic E-state index is -0.407. The van der Waals surface area contributed by atoms with E-state index in [2.05, 4.69) is 67.6 Å². The Bertz CT molecular complexity index is 1570. The van der Waals surface area contributed by atoms with Crippen molar-refractivity contribution in [3.8, 4) is 0 Å². The van der Waals surface area contributed by atoms with Crippen LogP contribution in [-0.4, -0.2) is 56.3 Å². The van der Waals surface area contributed by atoms with Crippen molar-refractivity contribution < 1.29 is 4.42 Å². The number of fused-ring (bicyclic) bond motifs is 1. The average molecular weight is 496 g/mol. The van der Waals surface area contributed by atoms with Gasteiger partial charge in [-0.3, -0.25) is 9.69 Å². The van der Waals surface area contributed by atoms with E-state index in [1.54, 1.807) is 10.9 Å². The first kappa shape index (κ1) is 23.2. The molecular formula is C28H29N7O2. The number of hydrogen-bond donors (Lipinski definition) is 1. The minimum Gasteiger partial charge on any atom is -0.467 e. The van der Waals surface area contributed by atoms with Crippen molar-refractivity contribution in [1.29, 1.82) is 0 Å². The summed E-state index contributed by atoms with van der Waals surface area (Å²) in [5.74, 6) is 1.37. The standard InChI is InChI=1S/C28H29N7O2/c1-19-10-11-20(2)25-23(19)17-24(28(36)29-25)26(27-30-31-32-35(27)18-22-9-6-16-37-22)34-14-12-33(13-15-34)21-7-4-3-5-8-21/h3-11,16-17,26H,12-15,18H2,1-2H3,(H,29,36)/t26-/m1/s1. The highest BCUT2D eigenvalue weighted by Gasteiger charge is 2.33. The summed E-state index contributed by atoms with van der Waals surface area (Å²) >= 11 is 0. The summed E-state index contributed by atoms with van der Waals surface area (Å²) < 4.78 is 7.30. The van der Waals surface area contributed by atoms with Crippen molar-refractivity contribution >= 4 is 16.6 Å². The van der Waals surface area contributed by atoms with Crippen LogP contribution in [-0.2, 0) is 6.54 Å². The van der Waals surface area contributed by atoms with Crippen LogP contribution >= 0.6 is 0 Å². The molecule has 0 spiro atoms. The number of pyridine rings is 1. The van der Waals surface area contributed by atoms with Crippen LogP contribution in [0.1, 0.15) is 34.3 Å². The predicted molar refractivity (Wildman–Crippen MR) is 142 cm³/mol. The van der Waals surface area contributed by atoms with Gasteiger partial charge >= 0.3 is 0 Å². The van der Waals surface area contributed by atoms with Gasteiger partial charge in [0.05, 0.1) is 11.8 Å². The van der Waals surface area contributed by atoms with Crippen molar-refractivity contribution in [2.24, 2.45) is 0 Å². The van der Waals surface area contributed by atoms with Crippen LogP contribution < -0.4 is 10.5 Å². The van der Waals surface area contributed by atoms with Crippen molar-refractivity contribution in [3.05, 3.63) is 106 Å². The van der Waals surface area contributed by atoms with Gasteiger partial charge in [-0.15, -0.1) is 5.10 Å². The fraction of sp³-hybridized carbons (Fsp3) is 0.286. The number of piperazine rings is 1. The summed E-state index contributed by atoms with van der Waals surface area (Å²) in [5.41, 5.74) is 4.75. The minimum absolute atomic E-state index is 0.121. The monoisotopic (exact) mass is 495 g/mol. The number of aromatic amines is 1. The Morgan fingerprint density at radius 3 is 2.51 bits per heavy atom. The van der Waals surface area contributed by atoms with Crippen LogP contribution in [0.2, 0.25) is 0 Å². The number of H-pyrrole nitrogens is 1. The second-order valence-electron chi connectivity index (χ2n) is 9.58. The maximum Gasteiger partial charge on any atom is 0.253 e. The number of anilines is 1. The zero-order valence-electron chi connectivity index (χ0n) is 21.0. The number of rotatable bonds is 6. The molecule has 1 aliphatic rings. The molecule has 188 valence electrons. The largest absolute Gasteiger partial charge is 0.467 e. The van der Waals surface area contributed by atoms with Crippen LogP contribution in [0.15, 0.2) is 76.1 Å². The fourth-order valence-corrected chi connectivity index (χ4v) is 5.24. The molecule has 0 radical (unpaired) electrons. The Kier molecular flexibility index (Phi) is 6.05. The molecule has 9 nitrogen and oxygen atoms in total. The zero-order chi connectivity index (χ0) is 25.4. The molecule has 37 heavy (non-hydrogen) atoms. The Hall–Kier alpha value is -4.24. The van der Waals surface area contributed by atoms with E-state index in [1.807, 2.05) is 37.3 Å². The number of nitrogens with one attached hydrogen (secondary N) is 1. The molecule has 3 aromatic heterocycles. The molecule has 0 aliphatic carbocycles. The predicted octanol–water partition coefficient (Wildman–Crippen LogP) is 3.68. The van der Waals surface area contributed by atoms with Gasteiger partial charge in [0.2, 0.25) is 0 Å². The third-order valence-electron chi connectivity index (χ3n) is 7.26. The van der Waals surface area contributed by atoms with Crippen molar-refractivity contribution in [3.63, 3.8) is 0 Å². The second kappa shape index (κ2) is 9.67. The smallest absolute Gasteiger partial charge is 0.253 e. The molecule has 6 rings (SSSR count).